The molecule has 0 N–H and O–H groups in total. The van der Waals surface area contributed by atoms with Gasteiger partial charge >= 0.3 is 0 Å². The van der Waals surface area contributed by atoms with Gasteiger partial charge in [0.2, 0.25) is 0 Å². The molecule has 0 bridgehead atoms. The molecule has 0 aliphatic carbocycles. The molecule has 0 saturated heterocycles. The SMILES string of the molecule is CC(=O)[O-].O=S(=O)([O-])[O-]. The van der Waals surface area contributed by atoms with E-state index in [0.29, 0.717) is 0 Å². The topological polar surface area (TPSA) is 120 Å². The van der Waals surface area contributed by atoms with Crippen molar-refractivity contribution in [2.24, 2.45) is 0 Å². The summed E-state index contributed by atoms with van der Waals surface area (Å²) in [5.74, 6) is -1.08. The number of hydrogen-bond acceptors (Lipinski definition) is 6. The number of carboxylic acid groups (broad SMARTS) is 1. The van der Waals surface area contributed by atoms with Crippen LogP contribution in [0.25, 0.3) is 0 Å². The molecular formula is C2H3O6S-3. The van der Waals surface area contributed by atoms with Crippen molar-refractivity contribution < 1.29 is 27.4 Å². The standard InChI is InChI=1S/C2H4O2.H2O4S/c1-2(3)4;1-5(2,3)4/h1H3,(H,3,4);(H2,1,2,3,4)/p-3. The minimum atomic E-state index is -5.17. The van der Waals surface area contributed by atoms with Gasteiger partial charge in [0.15, 0.2) is 0 Å². The molecule has 0 unspecified atom stereocenters. The summed E-state index contributed by atoms with van der Waals surface area (Å²) < 4.78 is 34.1. The molecule has 9 heavy (non-hydrogen) atoms. The Morgan fingerprint density at radius 2 is 1.33 bits per heavy atom. The van der Waals surface area contributed by atoms with Gasteiger partial charge < -0.3 is 19.0 Å². The van der Waals surface area contributed by atoms with Gasteiger partial charge in [-0.05, 0) is 6.92 Å². The summed E-state index contributed by atoms with van der Waals surface area (Å²) in [5, 5.41) is 8.89. The van der Waals surface area contributed by atoms with E-state index in [-0.39, 0.29) is 0 Å². The second kappa shape index (κ2) is 4.24. The third kappa shape index (κ3) is 480. The zero-order valence-electron chi connectivity index (χ0n) is 4.36. The van der Waals surface area contributed by atoms with Crippen LogP contribution in [0.1, 0.15) is 6.92 Å². The van der Waals surface area contributed by atoms with Crippen molar-refractivity contribution in [3.8, 4) is 0 Å². The summed E-state index contributed by atoms with van der Waals surface area (Å²) >= 11 is 0. The molecule has 0 aromatic rings. The van der Waals surface area contributed by atoms with Crippen LogP contribution < -0.4 is 5.11 Å². The molecule has 6 nitrogen and oxygen atoms in total. The number of aliphatic carboxylic acids is 1. The molecule has 0 aliphatic rings. The number of hydrogen-bond donors (Lipinski definition) is 0. The molecule has 0 fully saturated rings. The van der Waals surface area contributed by atoms with Gasteiger partial charge in [-0.25, -0.2) is 0 Å². The highest BCUT2D eigenvalue weighted by atomic mass is 32.3. The van der Waals surface area contributed by atoms with E-state index in [4.69, 9.17) is 27.4 Å². The van der Waals surface area contributed by atoms with E-state index in [9.17, 15) is 0 Å². The van der Waals surface area contributed by atoms with Gasteiger partial charge in [-0.3, -0.25) is 8.42 Å². The Bertz CT molecular complexity index is 153. The van der Waals surface area contributed by atoms with E-state index in [1.54, 1.807) is 0 Å². The first kappa shape index (κ1) is 11.2. The van der Waals surface area contributed by atoms with Crippen LogP contribution in [-0.4, -0.2) is 23.5 Å². The van der Waals surface area contributed by atoms with Crippen LogP contribution in [0.2, 0.25) is 0 Å². The van der Waals surface area contributed by atoms with Crippen LogP contribution in [0.5, 0.6) is 0 Å². The zero-order valence-corrected chi connectivity index (χ0v) is 5.17. The molecule has 0 radical (unpaired) electrons. The molecule has 0 saturated carbocycles. The molecule has 56 valence electrons. The normalized spacial score (nSPS) is 9.22. The van der Waals surface area contributed by atoms with E-state index >= 15 is 0 Å². The first-order chi connectivity index (χ1) is 3.73. The maximum atomic E-state index is 8.89. The van der Waals surface area contributed by atoms with E-state index in [1.165, 1.54) is 0 Å². The van der Waals surface area contributed by atoms with Crippen molar-refractivity contribution >= 4 is 16.4 Å². The Balaban J connectivity index is 0. The van der Waals surface area contributed by atoms with Crippen molar-refractivity contribution in [3.05, 3.63) is 0 Å². The minimum Gasteiger partial charge on any atom is -0.759 e. The van der Waals surface area contributed by atoms with Crippen LogP contribution in [0.3, 0.4) is 0 Å². The molecule has 0 aromatic heterocycles. The van der Waals surface area contributed by atoms with Gasteiger partial charge in [-0.1, -0.05) is 0 Å². The van der Waals surface area contributed by atoms with Crippen LogP contribution in [0.15, 0.2) is 0 Å². The van der Waals surface area contributed by atoms with E-state index in [2.05, 4.69) is 0 Å². The van der Waals surface area contributed by atoms with Crippen LogP contribution in [0.4, 0.5) is 0 Å². The van der Waals surface area contributed by atoms with Gasteiger partial charge in [0, 0.05) is 16.4 Å². The molecule has 0 aromatic carbocycles. The van der Waals surface area contributed by atoms with Crippen molar-refractivity contribution in [3.63, 3.8) is 0 Å². The van der Waals surface area contributed by atoms with Crippen LogP contribution in [0, 0.1) is 0 Å². The lowest BCUT2D eigenvalue weighted by molar-refractivity contribution is -0.302. The average Bonchev–Trinajstić information content (AvgIpc) is 1.19. The molecular weight excluding hydrogens is 152 g/mol. The summed E-state index contributed by atoms with van der Waals surface area (Å²) in [5.41, 5.74) is 0. The number of carboxylic acids is 1. The molecule has 0 rings (SSSR count). The smallest absolute Gasteiger partial charge is 0.0383 e. The van der Waals surface area contributed by atoms with Gasteiger partial charge in [0.05, 0.1) is 0 Å². The van der Waals surface area contributed by atoms with Crippen molar-refractivity contribution in [1.82, 2.24) is 0 Å². The van der Waals surface area contributed by atoms with Crippen molar-refractivity contribution in [1.29, 1.82) is 0 Å². The Hall–Kier alpha value is -0.660. The van der Waals surface area contributed by atoms with Crippen molar-refractivity contribution in [2.75, 3.05) is 0 Å². The number of carbonyl (C=O) groups excluding carboxylic acids is 1. The fourth-order valence-corrected chi connectivity index (χ4v) is 0. The second-order valence-electron chi connectivity index (χ2n) is 0.900. The second-order valence-corrected chi connectivity index (χ2v) is 1.72. The number of rotatable bonds is 0. The first-order valence-corrected chi connectivity index (χ1v) is 2.91. The summed E-state index contributed by atoms with van der Waals surface area (Å²) in [6, 6.07) is 0. The summed E-state index contributed by atoms with van der Waals surface area (Å²) in [6.45, 7) is 0.972. The van der Waals surface area contributed by atoms with Crippen molar-refractivity contribution in [2.45, 2.75) is 6.92 Å². The highest BCUT2D eigenvalue weighted by molar-refractivity contribution is 7.79. The van der Waals surface area contributed by atoms with Crippen LogP contribution in [-0.2, 0) is 15.2 Å². The molecule has 0 heterocycles. The predicted molar refractivity (Wildman–Crippen MR) is 21.2 cm³/mol. The van der Waals surface area contributed by atoms with Gasteiger partial charge in [0.25, 0.3) is 0 Å². The summed E-state index contributed by atoms with van der Waals surface area (Å²) in [4.78, 5) is 8.89. The highest BCUT2D eigenvalue weighted by Gasteiger charge is 1.49. The molecule has 0 amide bonds. The average molecular weight is 155 g/mol. The maximum absolute atomic E-state index is 8.89. The lowest BCUT2D eigenvalue weighted by Gasteiger charge is -2.06. The summed E-state index contributed by atoms with van der Waals surface area (Å²) in [7, 11) is -5.17. The Morgan fingerprint density at radius 1 is 1.33 bits per heavy atom. The van der Waals surface area contributed by atoms with E-state index in [1.807, 2.05) is 0 Å². The third-order valence-electron chi connectivity index (χ3n) is 0. The maximum Gasteiger partial charge on any atom is 0.0383 e. The largest absolute Gasteiger partial charge is 0.759 e. The summed E-state index contributed by atoms with van der Waals surface area (Å²) in [6.07, 6.45) is 0. The lowest BCUT2D eigenvalue weighted by Crippen LogP contribution is -2.16. The van der Waals surface area contributed by atoms with Gasteiger partial charge in [0.1, 0.15) is 0 Å². The predicted octanol–water partition coefficient (Wildman–Crippen LogP) is -2.58. The molecule has 0 aliphatic heterocycles. The van der Waals surface area contributed by atoms with E-state index in [0.717, 1.165) is 6.92 Å². The monoisotopic (exact) mass is 155 g/mol. The van der Waals surface area contributed by atoms with Gasteiger partial charge in [-0.15, -0.1) is 0 Å². The Kier molecular flexibility index (Phi) is 5.27. The van der Waals surface area contributed by atoms with E-state index < -0.39 is 16.4 Å². The third-order valence-corrected chi connectivity index (χ3v) is 0. The molecule has 7 heteroatoms. The molecule has 0 spiro atoms. The first-order valence-electron chi connectivity index (χ1n) is 1.57. The van der Waals surface area contributed by atoms with Crippen LogP contribution >= 0.6 is 0 Å². The lowest BCUT2D eigenvalue weighted by atomic mass is 10.9. The Labute approximate surface area is 51.7 Å². The number of carbonyl (C=O) groups is 1. The zero-order chi connectivity index (χ0) is 8.08. The quantitative estimate of drug-likeness (QED) is 0.279. The molecule has 0 atom stereocenters. The fourth-order valence-electron chi connectivity index (χ4n) is 0. The Morgan fingerprint density at radius 3 is 1.33 bits per heavy atom. The highest BCUT2D eigenvalue weighted by Crippen LogP contribution is 1.57. The fraction of sp³-hybridized carbons (Fsp3) is 0.500. The minimum absolute atomic E-state index is 0.972. The van der Waals surface area contributed by atoms with Gasteiger partial charge in [-0.2, -0.15) is 0 Å².